The molecule has 0 aromatic carbocycles. The van der Waals surface area contributed by atoms with E-state index in [1.165, 1.54) is 6.42 Å². The van der Waals surface area contributed by atoms with Gasteiger partial charge in [-0.25, -0.2) is 0 Å². The van der Waals surface area contributed by atoms with Crippen LogP contribution >= 0.6 is 11.6 Å². The van der Waals surface area contributed by atoms with Crippen LogP contribution in [0.4, 0.5) is 0 Å². The summed E-state index contributed by atoms with van der Waals surface area (Å²) in [5, 5.41) is 0. The van der Waals surface area contributed by atoms with E-state index in [-0.39, 0.29) is 11.5 Å². The van der Waals surface area contributed by atoms with Gasteiger partial charge in [-0.15, -0.1) is 11.6 Å². The molecule has 0 radical (unpaired) electrons. The van der Waals surface area contributed by atoms with Gasteiger partial charge < -0.3 is 9.64 Å². The second-order valence-corrected chi connectivity index (χ2v) is 4.87. The Morgan fingerprint density at radius 2 is 2.27 bits per heavy atom. The van der Waals surface area contributed by atoms with E-state index in [4.69, 9.17) is 16.3 Å². The van der Waals surface area contributed by atoms with Crippen molar-refractivity contribution in [1.82, 2.24) is 4.90 Å². The van der Waals surface area contributed by atoms with Crippen LogP contribution in [0.2, 0.25) is 0 Å². The Morgan fingerprint density at radius 3 is 2.93 bits per heavy atom. The van der Waals surface area contributed by atoms with Crippen molar-refractivity contribution in [2.45, 2.75) is 37.7 Å². The Labute approximate surface area is 95.7 Å². The Bertz CT molecular complexity index is 239. The van der Waals surface area contributed by atoms with Gasteiger partial charge in [0, 0.05) is 32.0 Å². The first-order valence-electron chi connectivity index (χ1n) is 5.73. The third-order valence-corrected chi connectivity index (χ3v) is 3.60. The number of rotatable bonds is 2. The molecule has 3 nitrogen and oxygen atoms in total. The average molecular weight is 232 g/mol. The van der Waals surface area contributed by atoms with E-state index in [0.717, 1.165) is 39.0 Å². The van der Waals surface area contributed by atoms with Crippen LogP contribution in [-0.2, 0) is 9.53 Å². The summed E-state index contributed by atoms with van der Waals surface area (Å²) < 4.78 is 5.86. The summed E-state index contributed by atoms with van der Waals surface area (Å²) in [6.07, 6.45) is 4.96. The van der Waals surface area contributed by atoms with E-state index in [1.54, 1.807) is 0 Å². The molecule has 2 aliphatic rings. The highest BCUT2D eigenvalue weighted by molar-refractivity contribution is 6.18. The number of alkyl halides is 1. The number of nitrogens with zero attached hydrogens (tertiary/aromatic N) is 1. The highest BCUT2D eigenvalue weighted by atomic mass is 35.5. The molecule has 86 valence electrons. The molecule has 15 heavy (non-hydrogen) atoms. The predicted molar refractivity (Wildman–Crippen MR) is 59.1 cm³/mol. The van der Waals surface area contributed by atoms with Crippen molar-refractivity contribution in [1.29, 1.82) is 0 Å². The zero-order valence-electron chi connectivity index (χ0n) is 9.01. The van der Waals surface area contributed by atoms with Crippen LogP contribution in [0.3, 0.4) is 0 Å². The van der Waals surface area contributed by atoms with E-state index in [9.17, 15) is 4.79 Å². The first-order chi connectivity index (χ1) is 7.26. The topological polar surface area (TPSA) is 29.5 Å². The minimum absolute atomic E-state index is 0.0137. The molecule has 2 fully saturated rings. The largest absolute Gasteiger partial charge is 0.373 e. The van der Waals surface area contributed by atoms with Gasteiger partial charge in [-0.05, 0) is 25.7 Å². The predicted octanol–water partition coefficient (Wildman–Crippen LogP) is 1.79. The molecule has 2 rings (SSSR count). The van der Waals surface area contributed by atoms with Crippen molar-refractivity contribution in [3.05, 3.63) is 0 Å². The van der Waals surface area contributed by atoms with E-state index in [1.807, 2.05) is 4.90 Å². The lowest BCUT2D eigenvalue weighted by molar-refractivity contribution is -0.132. The molecule has 0 aliphatic carbocycles. The monoisotopic (exact) mass is 231 g/mol. The number of halogens is 1. The number of carbonyl (C=O) groups is 1. The first kappa shape index (κ1) is 11.2. The van der Waals surface area contributed by atoms with Gasteiger partial charge in [0.25, 0.3) is 0 Å². The van der Waals surface area contributed by atoms with Gasteiger partial charge in [0.2, 0.25) is 5.91 Å². The summed E-state index contributed by atoms with van der Waals surface area (Å²) in [5.74, 6) is 0.597. The molecule has 1 unspecified atom stereocenters. The highest BCUT2D eigenvalue weighted by Crippen LogP contribution is 2.34. The molecule has 2 saturated heterocycles. The van der Waals surface area contributed by atoms with E-state index < -0.39 is 0 Å². The number of likely N-dealkylation sites (tertiary alicyclic amines) is 1. The molecular weight excluding hydrogens is 214 g/mol. The molecular formula is C11H18ClNO2. The van der Waals surface area contributed by atoms with Crippen LogP contribution in [0, 0.1) is 0 Å². The van der Waals surface area contributed by atoms with Gasteiger partial charge >= 0.3 is 0 Å². The van der Waals surface area contributed by atoms with Crippen LogP contribution in [0.1, 0.15) is 32.1 Å². The van der Waals surface area contributed by atoms with Crippen LogP contribution in [0.5, 0.6) is 0 Å². The van der Waals surface area contributed by atoms with Crippen LogP contribution in [0.15, 0.2) is 0 Å². The number of carbonyl (C=O) groups excluding carboxylic acids is 1. The van der Waals surface area contributed by atoms with Crippen molar-refractivity contribution in [3.8, 4) is 0 Å². The number of hydrogen-bond acceptors (Lipinski definition) is 2. The number of ether oxygens (including phenoxy) is 1. The smallest absolute Gasteiger partial charge is 0.223 e. The fourth-order valence-electron chi connectivity index (χ4n) is 2.53. The Balaban J connectivity index is 1.90. The Kier molecular flexibility index (Phi) is 3.52. The summed E-state index contributed by atoms with van der Waals surface area (Å²) in [7, 11) is 0. The fraction of sp³-hybridized carbons (Fsp3) is 0.909. The van der Waals surface area contributed by atoms with Gasteiger partial charge in [-0.1, -0.05) is 0 Å². The Morgan fingerprint density at radius 1 is 1.40 bits per heavy atom. The second kappa shape index (κ2) is 4.71. The molecule has 0 bridgehead atoms. The minimum atomic E-state index is -0.0137. The third-order valence-electron chi connectivity index (χ3n) is 3.41. The number of amides is 1. The molecule has 1 amide bonds. The molecule has 2 heterocycles. The zero-order valence-corrected chi connectivity index (χ0v) is 9.76. The molecule has 2 aliphatic heterocycles. The lowest BCUT2D eigenvalue weighted by Crippen LogP contribution is -2.40. The van der Waals surface area contributed by atoms with E-state index >= 15 is 0 Å². The SMILES string of the molecule is O=C(CCCl)N1CCC2(CCCCO2)C1. The van der Waals surface area contributed by atoms with Crippen LogP contribution < -0.4 is 0 Å². The summed E-state index contributed by atoms with van der Waals surface area (Å²) in [4.78, 5) is 13.6. The van der Waals surface area contributed by atoms with E-state index in [0.29, 0.717) is 12.3 Å². The van der Waals surface area contributed by atoms with Gasteiger partial charge in [-0.3, -0.25) is 4.79 Å². The van der Waals surface area contributed by atoms with Crippen molar-refractivity contribution in [2.24, 2.45) is 0 Å². The summed E-state index contributed by atoms with van der Waals surface area (Å²) in [5.41, 5.74) is -0.0137. The molecule has 0 N–H and O–H groups in total. The summed E-state index contributed by atoms with van der Waals surface area (Å²) in [6, 6.07) is 0. The quantitative estimate of drug-likeness (QED) is 0.679. The third kappa shape index (κ3) is 2.45. The standard InChI is InChI=1S/C11H18ClNO2/c12-6-3-10(14)13-7-5-11(9-13)4-1-2-8-15-11/h1-9H2. The van der Waals surface area contributed by atoms with Crippen LogP contribution in [-0.4, -0.2) is 42.0 Å². The first-order valence-corrected chi connectivity index (χ1v) is 6.27. The normalized spacial score (nSPS) is 31.1. The molecule has 1 atom stereocenters. The van der Waals surface area contributed by atoms with Crippen molar-refractivity contribution in [3.63, 3.8) is 0 Å². The summed E-state index contributed by atoms with van der Waals surface area (Å²) >= 11 is 5.57. The fourth-order valence-corrected chi connectivity index (χ4v) is 2.69. The zero-order chi connectivity index (χ0) is 10.7. The number of hydrogen-bond donors (Lipinski definition) is 0. The van der Waals surface area contributed by atoms with Gasteiger partial charge in [0.15, 0.2) is 0 Å². The lowest BCUT2D eigenvalue weighted by Gasteiger charge is -2.33. The molecule has 0 aromatic rings. The lowest BCUT2D eigenvalue weighted by atomic mass is 9.93. The van der Waals surface area contributed by atoms with Gasteiger partial charge in [0.05, 0.1) is 5.60 Å². The maximum absolute atomic E-state index is 11.7. The van der Waals surface area contributed by atoms with Crippen molar-refractivity contribution >= 4 is 17.5 Å². The van der Waals surface area contributed by atoms with Crippen molar-refractivity contribution in [2.75, 3.05) is 25.6 Å². The van der Waals surface area contributed by atoms with Gasteiger partial charge in [0.1, 0.15) is 0 Å². The minimum Gasteiger partial charge on any atom is -0.373 e. The van der Waals surface area contributed by atoms with Gasteiger partial charge in [-0.2, -0.15) is 0 Å². The maximum atomic E-state index is 11.7. The summed E-state index contributed by atoms with van der Waals surface area (Å²) in [6.45, 7) is 2.48. The average Bonchev–Trinajstić information content (AvgIpc) is 2.64. The maximum Gasteiger partial charge on any atom is 0.223 e. The van der Waals surface area contributed by atoms with Crippen LogP contribution in [0.25, 0.3) is 0 Å². The van der Waals surface area contributed by atoms with Crippen molar-refractivity contribution < 1.29 is 9.53 Å². The molecule has 1 spiro atoms. The van der Waals surface area contributed by atoms with E-state index in [2.05, 4.69) is 0 Å². The molecule has 0 saturated carbocycles. The highest BCUT2D eigenvalue weighted by Gasteiger charge is 2.41. The molecule has 4 heteroatoms. The Hall–Kier alpha value is -0.280. The second-order valence-electron chi connectivity index (χ2n) is 4.49. The molecule has 0 aromatic heterocycles.